The van der Waals surface area contributed by atoms with Gasteiger partial charge in [0.25, 0.3) is 0 Å². The lowest BCUT2D eigenvalue weighted by Gasteiger charge is -2.34. The average molecular weight is 197 g/mol. The van der Waals surface area contributed by atoms with E-state index in [0.29, 0.717) is 6.04 Å². The number of aliphatic imine (C=N–C) groups is 1. The zero-order valence-electron chi connectivity index (χ0n) is 9.64. The van der Waals surface area contributed by atoms with E-state index in [4.69, 9.17) is 5.84 Å². The fourth-order valence-electron chi connectivity index (χ4n) is 2.19. The highest BCUT2D eigenvalue weighted by Crippen LogP contribution is 2.36. The van der Waals surface area contributed by atoms with Gasteiger partial charge in [-0.1, -0.05) is 26.2 Å². The molecule has 3 N–H and O–H groups in total. The molecule has 0 saturated heterocycles. The van der Waals surface area contributed by atoms with Gasteiger partial charge in [-0.25, -0.2) is 5.84 Å². The fraction of sp³-hybridized carbons (Fsp3) is 0.909. The Morgan fingerprint density at radius 3 is 2.29 bits per heavy atom. The molecule has 1 aliphatic carbocycles. The summed E-state index contributed by atoms with van der Waals surface area (Å²) < 4.78 is 0. The Morgan fingerprint density at radius 1 is 1.29 bits per heavy atom. The fourth-order valence-corrected chi connectivity index (χ4v) is 2.19. The predicted octanol–water partition coefficient (Wildman–Crippen LogP) is 2.23. The molecule has 1 rings (SSSR count). The third-order valence-corrected chi connectivity index (χ3v) is 3.05. The van der Waals surface area contributed by atoms with Gasteiger partial charge in [-0.05, 0) is 26.7 Å². The minimum atomic E-state index is 0.192. The molecule has 0 unspecified atom stereocenters. The second kappa shape index (κ2) is 4.78. The SMILES string of the molecule is CC(C)N=C(NN)C1(C)CCCCC1. The predicted molar refractivity (Wildman–Crippen MR) is 61.1 cm³/mol. The van der Waals surface area contributed by atoms with Gasteiger partial charge in [0.05, 0.1) is 0 Å². The lowest BCUT2D eigenvalue weighted by atomic mass is 9.74. The summed E-state index contributed by atoms with van der Waals surface area (Å²) in [6, 6.07) is 0.319. The van der Waals surface area contributed by atoms with E-state index in [0.717, 1.165) is 5.84 Å². The van der Waals surface area contributed by atoms with Gasteiger partial charge in [0.1, 0.15) is 5.84 Å². The molecule has 1 saturated carbocycles. The average Bonchev–Trinajstić information content (AvgIpc) is 2.15. The first kappa shape index (κ1) is 11.5. The molecule has 0 bridgehead atoms. The Morgan fingerprint density at radius 2 is 1.86 bits per heavy atom. The van der Waals surface area contributed by atoms with Crippen LogP contribution in [0.4, 0.5) is 0 Å². The topological polar surface area (TPSA) is 50.4 Å². The number of hydrogen-bond acceptors (Lipinski definition) is 2. The molecular formula is C11H23N3. The first-order valence-corrected chi connectivity index (χ1v) is 5.63. The van der Waals surface area contributed by atoms with Gasteiger partial charge in [0.2, 0.25) is 0 Å². The van der Waals surface area contributed by atoms with E-state index in [1.54, 1.807) is 0 Å². The Labute approximate surface area is 87.1 Å². The van der Waals surface area contributed by atoms with Crippen LogP contribution in [0.1, 0.15) is 52.9 Å². The van der Waals surface area contributed by atoms with Gasteiger partial charge < -0.3 is 5.43 Å². The minimum absolute atomic E-state index is 0.192. The molecule has 0 spiro atoms. The highest BCUT2D eigenvalue weighted by molar-refractivity contribution is 5.87. The summed E-state index contributed by atoms with van der Waals surface area (Å²) in [7, 11) is 0. The normalized spacial score (nSPS) is 22.5. The number of nitrogens with two attached hydrogens (primary N) is 1. The van der Waals surface area contributed by atoms with Gasteiger partial charge in [-0.15, -0.1) is 0 Å². The molecule has 14 heavy (non-hydrogen) atoms. The van der Waals surface area contributed by atoms with Crippen molar-refractivity contribution in [3.05, 3.63) is 0 Å². The number of nitrogens with one attached hydrogen (secondary N) is 1. The maximum atomic E-state index is 5.56. The van der Waals surface area contributed by atoms with Crippen LogP contribution in [-0.4, -0.2) is 11.9 Å². The van der Waals surface area contributed by atoms with Crippen molar-refractivity contribution in [1.29, 1.82) is 0 Å². The molecule has 0 atom stereocenters. The van der Waals surface area contributed by atoms with Crippen LogP contribution in [0.3, 0.4) is 0 Å². The third-order valence-electron chi connectivity index (χ3n) is 3.05. The van der Waals surface area contributed by atoms with E-state index in [-0.39, 0.29) is 5.41 Å². The van der Waals surface area contributed by atoms with Crippen LogP contribution >= 0.6 is 0 Å². The van der Waals surface area contributed by atoms with Crippen LogP contribution < -0.4 is 11.3 Å². The van der Waals surface area contributed by atoms with E-state index in [1.807, 2.05) is 0 Å². The highest BCUT2D eigenvalue weighted by Gasteiger charge is 2.32. The largest absolute Gasteiger partial charge is 0.312 e. The molecule has 1 aliphatic rings. The molecule has 3 heteroatoms. The van der Waals surface area contributed by atoms with E-state index in [1.165, 1.54) is 32.1 Å². The quantitative estimate of drug-likeness (QED) is 0.309. The van der Waals surface area contributed by atoms with E-state index >= 15 is 0 Å². The second-order valence-corrected chi connectivity index (χ2v) is 4.84. The summed E-state index contributed by atoms with van der Waals surface area (Å²) in [6.07, 6.45) is 6.38. The lowest BCUT2D eigenvalue weighted by Crippen LogP contribution is -2.44. The smallest absolute Gasteiger partial charge is 0.117 e. The monoisotopic (exact) mass is 197 g/mol. The van der Waals surface area contributed by atoms with Gasteiger partial charge in [0.15, 0.2) is 0 Å². The lowest BCUT2D eigenvalue weighted by molar-refractivity contribution is 0.303. The molecule has 0 aromatic rings. The molecule has 0 aromatic heterocycles. The first-order valence-electron chi connectivity index (χ1n) is 5.63. The number of nitrogens with zero attached hydrogens (tertiary/aromatic N) is 1. The standard InChI is InChI=1S/C11H23N3/c1-9(2)13-10(14-12)11(3)7-5-4-6-8-11/h9H,4-8,12H2,1-3H3,(H,13,14). The zero-order chi connectivity index (χ0) is 10.6. The van der Waals surface area contributed by atoms with Crippen molar-refractivity contribution < 1.29 is 0 Å². The minimum Gasteiger partial charge on any atom is -0.312 e. The summed E-state index contributed by atoms with van der Waals surface area (Å²) >= 11 is 0. The number of rotatable bonds is 2. The first-order chi connectivity index (χ1) is 6.58. The van der Waals surface area contributed by atoms with Crippen LogP contribution in [0.2, 0.25) is 0 Å². The molecule has 82 valence electrons. The molecule has 0 amide bonds. The summed E-state index contributed by atoms with van der Waals surface area (Å²) in [4.78, 5) is 4.57. The van der Waals surface area contributed by atoms with Gasteiger partial charge in [0, 0.05) is 11.5 Å². The van der Waals surface area contributed by atoms with E-state index in [2.05, 4.69) is 31.2 Å². The summed E-state index contributed by atoms with van der Waals surface area (Å²) in [6.45, 7) is 6.44. The number of hydrogen-bond donors (Lipinski definition) is 2. The highest BCUT2D eigenvalue weighted by atomic mass is 15.3. The Kier molecular flexibility index (Phi) is 3.93. The van der Waals surface area contributed by atoms with Crippen molar-refractivity contribution in [2.24, 2.45) is 16.3 Å². The molecular weight excluding hydrogens is 174 g/mol. The molecule has 0 radical (unpaired) electrons. The Hall–Kier alpha value is -0.570. The molecule has 0 aromatic carbocycles. The van der Waals surface area contributed by atoms with Crippen molar-refractivity contribution in [3.63, 3.8) is 0 Å². The molecule has 1 fully saturated rings. The summed E-state index contributed by atoms with van der Waals surface area (Å²) in [5, 5.41) is 0. The van der Waals surface area contributed by atoms with Crippen molar-refractivity contribution in [1.82, 2.24) is 5.43 Å². The van der Waals surface area contributed by atoms with Crippen LogP contribution in [0.5, 0.6) is 0 Å². The van der Waals surface area contributed by atoms with E-state index < -0.39 is 0 Å². The molecule has 3 nitrogen and oxygen atoms in total. The second-order valence-electron chi connectivity index (χ2n) is 4.84. The van der Waals surface area contributed by atoms with Crippen LogP contribution in [0.25, 0.3) is 0 Å². The summed E-state index contributed by atoms with van der Waals surface area (Å²) in [5.41, 5.74) is 2.99. The van der Waals surface area contributed by atoms with Crippen LogP contribution in [0, 0.1) is 5.41 Å². The molecule has 0 aliphatic heterocycles. The molecule has 0 heterocycles. The zero-order valence-corrected chi connectivity index (χ0v) is 9.64. The third kappa shape index (κ3) is 2.71. The van der Waals surface area contributed by atoms with Gasteiger partial charge in [-0.2, -0.15) is 0 Å². The Bertz CT molecular complexity index is 203. The van der Waals surface area contributed by atoms with Gasteiger partial charge in [-0.3, -0.25) is 4.99 Å². The van der Waals surface area contributed by atoms with Crippen molar-refractivity contribution in [2.75, 3.05) is 0 Å². The number of hydrazine groups is 1. The van der Waals surface area contributed by atoms with Crippen LogP contribution in [-0.2, 0) is 0 Å². The summed E-state index contributed by atoms with van der Waals surface area (Å²) in [5.74, 6) is 6.55. The van der Waals surface area contributed by atoms with Crippen LogP contribution in [0.15, 0.2) is 4.99 Å². The van der Waals surface area contributed by atoms with Crippen molar-refractivity contribution >= 4 is 5.84 Å². The maximum Gasteiger partial charge on any atom is 0.117 e. The van der Waals surface area contributed by atoms with E-state index in [9.17, 15) is 0 Å². The maximum absolute atomic E-state index is 5.56. The Balaban J connectivity index is 2.75. The van der Waals surface area contributed by atoms with Crippen molar-refractivity contribution in [3.8, 4) is 0 Å². The van der Waals surface area contributed by atoms with Crippen molar-refractivity contribution in [2.45, 2.75) is 58.9 Å². The van der Waals surface area contributed by atoms with Gasteiger partial charge >= 0.3 is 0 Å². The number of amidine groups is 1.